The van der Waals surface area contributed by atoms with E-state index in [1.54, 1.807) is 12.5 Å². The van der Waals surface area contributed by atoms with E-state index in [1.165, 1.54) is 0 Å². The molecule has 1 fully saturated rings. The van der Waals surface area contributed by atoms with E-state index in [2.05, 4.69) is 20.3 Å². The molecule has 21 heavy (non-hydrogen) atoms. The van der Waals surface area contributed by atoms with E-state index in [4.69, 9.17) is 9.84 Å². The van der Waals surface area contributed by atoms with Crippen LogP contribution >= 0.6 is 0 Å². The lowest BCUT2D eigenvalue weighted by Gasteiger charge is -2.11. The average Bonchev–Trinajstić information content (AvgIpc) is 3.04. The van der Waals surface area contributed by atoms with Crippen LogP contribution in [-0.4, -0.2) is 49.3 Å². The second-order valence-corrected chi connectivity index (χ2v) is 5.38. The Balaban J connectivity index is 1.78. The largest absolute Gasteiger partial charge is 0.480 e. The highest BCUT2D eigenvalue weighted by Crippen LogP contribution is 2.19. The number of hydrogen-bond donors (Lipinski definition) is 2. The first-order valence-corrected chi connectivity index (χ1v) is 6.87. The van der Waals surface area contributed by atoms with Crippen molar-refractivity contribution in [3.63, 3.8) is 0 Å². The minimum Gasteiger partial charge on any atom is -0.480 e. The molecule has 3 heterocycles. The highest BCUT2D eigenvalue weighted by atomic mass is 16.5. The second-order valence-electron chi connectivity index (χ2n) is 5.38. The third-order valence-corrected chi connectivity index (χ3v) is 3.51. The minimum absolute atomic E-state index is 0.237. The summed E-state index contributed by atoms with van der Waals surface area (Å²) in [5, 5.41) is 11.8. The predicted octanol–water partition coefficient (Wildman–Crippen LogP) is 0.601. The van der Waals surface area contributed by atoms with Gasteiger partial charge in [0.15, 0.2) is 5.65 Å². The molecule has 1 aliphatic heterocycles. The number of aromatic nitrogens is 4. The molecular formula is C13H17N5O3. The van der Waals surface area contributed by atoms with Crippen molar-refractivity contribution in [3.8, 4) is 6.01 Å². The van der Waals surface area contributed by atoms with Gasteiger partial charge in [0.05, 0.1) is 12.5 Å². The van der Waals surface area contributed by atoms with Crippen molar-refractivity contribution in [3.05, 3.63) is 12.5 Å². The molecule has 0 spiro atoms. The van der Waals surface area contributed by atoms with Gasteiger partial charge < -0.3 is 19.7 Å². The summed E-state index contributed by atoms with van der Waals surface area (Å²) in [5.74, 6) is -0.865. The monoisotopic (exact) mass is 291 g/mol. The highest BCUT2D eigenvalue weighted by Gasteiger charge is 2.31. The Morgan fingerprint density at radius 2 is 2.33 bits per heavy atom. The van der Waals surface area contributed by atoms with Crippen LogP contribution in [0.1, 0.15) is 26.3 Å². The molecule has 0 radical (unpaired) electrons. The van der Waals surface area contributed by atoms with Crippen molar-refractivity contribution in [2.45, 2.75) is 38.5 Å². The number of carboxylic acids is 1. The van der Waals surface area contributed by atoms with Crippen LogP contribution in [0.5, 0.6) is 6.01 Å². The Morgan fingerprint density at radius 1 is 1.52 bits per heavy atom. The molecular weight excluding hydrogens is 274 g/mol. The molecule has 1 unspecified atom stereocenters. The van der Waals surface area contributed by atoms with Gasteiger partial charge in [-0.3, -0.25) is 4.79 Å². The lowest BCUT2D eigenvalue weighted by Crippen LogP contribution is -2.30. The van der Waals surface area contributed by atoms with Crippen LogP contribution in [0.25, 0.3) is 11.2 Å². The standard InChI is InChI=1S/C13H17N5O3/c1-7(2)18-6-16-10-5-15-13(17-11(10)18)21-8-3-9(12(19)20)14-4-8/h5-9,14H,3-4H2,1-2H3,(H,19,20)/t8?,9-/m0/s1. The van der Waals surface area contributed by atoms with Crippen molar-refractivity contribution in [1.82, 2.24) is 24.8 Å². The Morgan fingerprint density at radius 3 is 3.00 bits per heavy atom. The molecule has 2 N–H and O–H groups in total. The van der Waals surface area contributed by atoms with Crippen LogP contribution < -0.4 is 10.1 Å². The number of hydrogen-bond acceptors (Lipinski definition) is 6. The molecule has 1 saturated heterocycles. The molecule has 8 nitrogen and oxygen atoms in total. The van der Waals surface area contributed by atoms with E-state index < -0.39 is 12.0 Å². The van der Waals surface area contributed by atoms with E-state index in [0.717, 1.165) is 5.65 Å². The van der Waals surface area contributed by atoms with Crippen LogP contribution in [0.2, 0.25) is 0 Å². The van der Waals surface area contributed by atoms with Gasteiger partial charge in [0, 0.05) is 19.0 Å². The molecule has 8 heteroatoms. The third kappa shape index (κ3) is 2.66. The number of carbonyl (C=O) groups is 1. The van der Waals surface area contributed by atoms with Crippen LogP contribution in [0.15, 0.2) is 12.5 Å². The molecule has 0 saturated carbocycles. The second kappa shape index (κ2) is 5.28. The van der Waals surface area contributed by atoms with Crippen LogP contribution in [0.3, 0.4) is 0 Å². The zero-order valence-corrected chi connectivity index (χ0v) is 11.9. The molecule has 112 valence electrons. The van der Waals surface area contributed by atoms with Crippen molar-refractivity contribution in [1.29, 1.82) is 0 Å². The summed E-state index contributed by atoms with van der Waals surface area (Å²) in [6.45, 7) is 4.56. The van der Waals surface area contributed by atoms with Gasteiger partial charge in [-0.2, -0.15) is 4.98 Å². The van der Waals surface area contributed by atoms with E-state index in [-0.39, 0.29) is 18.2 Å². The Bertz CT molecular complexity index is 669. The first kappa shape index (κ1) is 13.7. The average molecular weight is 291 g/mol. The summed E-state index contributed by atoms with van der Waals surface area (Å²) in [6.07, 6.45) is 3.51. The predicted molar refractivity (Wildman–Crippen MR) is 74.2 cm³/mol. The van der Waals surface area contributed by atoms with Gasteiger partial charge in [0.2, 0.25) is 0 Å². The first-order chi connectivity index (χ1) is 10.0. The summed E-state index contributed by atoms with van der Waals surface area (Å²) in [4.78, 5) is 23.6. The van der Waals surface area contributed by atoms with Gasteiger partial charge in [0.25, 0.3) is 0 Å². The lowest BCUT2D eigenvalue weighted by molar-refractivity contribution is -0.139. The maximum Gasteiger partial charge on any atom is 0.320 e. The number of imidazole rings is 1. The number of nitrogens with zero attached hydrogens (tertiary/aromatic N) is 4. The quantitative estimate of drug-likeness (QED) is 0.850. The summed E-state index contributed by atoms with van der Waals surface area (Å²) in [5.41, 5.74) is 1.43. The topological polar surface area (TPSA) is 102 Å². The van der Waals surface area contributed by atoms with Crippen LogP contribution in [0, 0.1) is 0 Å². The SMILES string of the molecule is CC(C)n1cnc2cnc(OC3CN[C@H](C(=O)O)C3)nc21. The molecule has 1 aliphatic rings. The fourth-order valence-corrected chi connectivity index (χ4v) is 2.38. The molecule has 2 aromatic heterocycles. The van der Waals surface area contributed by atoms with Crippen LogP contribution in [0.4, 0.5) is 0 Å². The van der Waals surface area contributed by atoms with Gasteiger partial charge >= 0.3 is 12.0 Å². The minimum atomic E-state index is -0.865. The Labute approximate surface area is 121 Å². The smallest absolute Gasteiger partial charge is 0.320 e. The summed E-state index contributed by atoms with van der Waals surface area (Å²) < 4.78 is 7.62. The fraction of sp³-hybridized carbons (Fsp3) is 0.538. The molecule has 0 bridgehead atoms. The van der Waals surface area contributed by atoms with Crippen molar-refractivity contribution >= 4 is 17.1 Å². The number of fused-ring (bicyclic) bond motifs is 1. The van der Waals surface area contributed by atoms with E-state index >= 15 is 0 Å². The number of nitrogens with one attached hydrogen (secondary N) is 1. The normalized spacial score (nSPS) is 22.0. The van der Waals surface area contributed by atoms with Crippen molar-refractivity contribution in [2.75, 3.05) is 6.54 Å². The molecule has 2 aromatic rings. The zero-order chi connectivity index (χ0) is 15.0. The first-order valence-electron chi connectivity index (χ1n) is 6.87. The Hall–Kier alpha value is -2.22. The van der Waals surface area contributed by atoms with Crippen molar-refractivity contribution in [2.24, 2.45) is 0 Å². The van der Waals surface area contributed by atoms with E-state index in [9.17, 15) is 4.79 Å². The lowest BCUT2D eigenvalue weighted by atomic mass is 10.2. The Kier molecular flexibility index (Phi) is 3.46. The van der Waals surface area contributed by atoms with E-state index in [0.29, 0.717) is 18.5 Å². The summed E-state index contributed by atoms with van der Waals surface area (Å²) >= 11 is 0. The van der Waals surface area contributed by atoms with Gasteiger partial charge in [0.1, 0.15) is 17.7 Å². The van der Waals surface area contributed by atoms with E-state index in [1.807, 2.05) is 18.4 Å². The van der Waals surface area contributed by atoms with Gasteiger partial charge in [-0.25, -0.2) is 9.97 Å². The molecule has 0 amide bonds. The highest BCUT2D eigenvalue weighted by molar-refractivity contribution is 5.74. The van der Waals surface area contributed by atoms with Gasteiger partial charge in [-0.15, -0.1) is 0 Å². The van der Waals surface area contributed by atoms with Gasteiger partial charge in [-0.05, 0) is 13.8 Å². The number of aliphatic carboxylic acids is 1. The molecule has 2 atom stereocenters. The number of ether oxygens (including phenoxy) is 1. The molecule has 0 aromatic carbocycles. The molecule has 0 aliphatic carbocycles. The summed E-state index contributed by atoms with van der Waals surface area (Å²) in [6, 6.07) is -0.0788. The fourth-order valence-electron chi connectivity index (χ4n) is 2.38. The van der Waals surface area contributed by atoms with Crippen molar-refractivity contribution < 1.29 is 14.6 Å². The maximum atomic E-state index is 10.9. The summed E-state index contributed by atoms with van der Waals surface area (Å²) in [7, 11) is 0. The maximum absolute atomic E-state index is 10.9. The molecule has 3 rings (SSSR count). The van der Waals surface area contributed by atoms with Crippen LogP contribution in [-0.2, 0) is 4.79 Å². The number of rotatable bonds is 4. The van der Waals surface area contributed by atoms with Gasteiger partial charge in [-0.1, -0.05) is 0 Å². The third-order valence-electron chi connectivity index (χ3n) is 3.51. The zero-order valence-electron chi connectivity index (χ0n) is 11.9. The number of carboxylic acid groups (broad SMARTS) is 1.